The minimum Gasteiger partial charge on any atom is -0.378 e. The Morgan fingerprint density at radius 1 is 1.10 bits per heavy atom. The van der Waals surface area contributed by atoms with Gasteiger partial charge < -0.3 is 14.5 Å². The van der Waals surface area contributed by atoms with Crippen LogP contribution in [0.1, 0.15) is 25.6 Å². The maximum atomic E-state index is 5.42. The summed E-state index contributed by atoms with van der Waals surface area (Å²) >= 11 is 0. The molecular weight excluding hydrogens is 252 g/mol. The quantitative estimate of drug-likeness (QED) is 0.824. The van der Waals surface area contributed by atoms with E-state index in [0.717, 1.165) is 62.8 Å². The molecule has 110 valence electrons. The van der Waals surface area contributed by atoms with Crippen LogP contribution < -0.4 is 9.80 Å². The number of anilines is 2. The van der Waals surface area contributed by atoms with Crippen LogP contribution >= 0.6 is 0 Å². The first-order chi connectivity index (χ1) is 9.72. The van der Waals surface area contributed by atoms with Crippen molar-refractivity contribution < 1.29 is 4.74 Å². The Labute approximate surface area is 121 Å². The average molecular weight is 276 g/mol. The Balaban J connectivity index is 1.82. The Morgan fingerprint density at radius 2 is 1.80 bits per heavy atom. The number of ether oxygens (including phenoxy) is 1. The summed E-state index contributed by atoms with van der Waals surface area (Å²) in [5.74, 6) is 3.76. The lowest BCUT2D eigenvalue weighted by atomic mass is 10.0. The van der Waals surface area contributed by atoms with E-state index in [-0.39, 0.29) is 0 Å². The predicted molar refractivity (Wildman–Crippen MR) is 80.4 cm³/mol. The van der Waals surface area contributed by atoms with Crippen molar-refractivity contribution in [1.29, 1.82) is 0 Å². The second kappa shape index (κ2) is 5.95. The van der Waals surface area contributed by atoms with Crippen LogP contribution in [0.5, 0.6) is 0 Å². The molecular formula is C15H24N4O. The lowest BCUT2D eigenvalue weighted by Gasteiger charge is -2.33. The van der Waals surface area contributed by atoms with Crippen LogP contribution in [0.4, 0.5) is 11.6 Å². The Morgan fingerprint density at radius 3 is 2.50 bits per heavy atom. The number of aromatic nitrogens is 2. The second-order valence-electron chi connectivity index (χ2n) is 5.92. The zero-order valence-electron chi connectivity index (χ0n) is 12.5. The van der Waals surface area contributed by atoms with Crippen molar-refractivity contribution in [2.75, 3.05) is 49.2 Å². The van der Waals surface area contributed by atoms with Crippen LogP contribution in [0.3, 0.4) is 0 Å². The fraction of sp³-hybridized carbons (Fsp3) is 0.733. The maximum absolute atomic E-state index is 5.42. The van der Waals surface area contributed by atoms with Crippen LogP contribution in [0.25, 0.3) is 0 Å². The fourth-order valence-electron chi connectivity index (χ4n) is 3.05. The summed E-state index contributed by atoms with van der Waals surface area (Å²) in [4.78, 5) is 14.0. The third-order valence-corrected chi connectivity index (χ3v) is 4.13. The van der Waals surface area contributed by atoms with E-state index in [4.69, 9.17) is 4.74 Å². The summed E-state index contributed by atoms with van der Waals surface area (Å²) < 4.78 is 5.42. The van der Waals surface area contributed by atoms with Crippen molar-refractivity contribution in [2.45, 2.75) is 26.7 Å². The molecule has 0 saturated carbocycles. The molecule has 0 amide bonds. The van der Waals surface area contributed by atoms with Gasteiger partial charge in [0, 0.05) is 32.2 Å². The van der Waals surface area contributed by atoms with Crippen molar-refractivity contribution >= 4 is 11.6 Å². The topological polar surface area (TPSA) is 41.5 Å². The van der Waals surface area contributed by atoms with Crippen LogP contribution in [0, 0.1) is 12.8 Å². The van der Waals surface area contributed by atoms with Crippen LogP contribution in [-0.4, -0.2) is 49.4 Å². The second-order valence-corrected chi connectivity index (χ2v) is 5.92. The highest BCUT2D eigenvalue weighted by molar-refractivity contribution is 5.51. The summed E-state index contributed by atoms with van der Waals surface area (Å²) in [5, 5.41) is 0. The first kappa shape index (κ1) is 13.6. The molecule has 5 nitrogen and oxygen atoms in total. The van der Waals surface area contributed by atoms with Crippen molar-refractivity contribution in [2.24, 2.45) is 5.92 Å². The Hall–Kier alpha value is -1.36. The minimum absolute atomic E-state index is 0.755. The van der Waals surface area contributed by atoms with Gasteiger partial charge in [-0.15, -0.1) is 0 Å². The molecule has 0 spiro atoms. The first-order valence-electron chi connectivity index (χ1n) is 7.66. The Bertz CT molecular complexity index is 459. The molecule has 0 aliphatic carbocycles. The van der Waals surface area contributed by atoms with E-state index in [1.165, 1.54) is 12.8 Å². The molecule has 2 aliphatic heterocycles. The molecule has 2 fully saturated rings. The van der Waals surface area contributed by atoms with Crippen molar-refractivity contribution in [3.63, 3.8) is 0 Å². The van der Waals surface area contributed by atoms with Gasteiger partial charge >= 0.3 is 0 Å². The van der Waals surface area contributed by atoms with Crippen molar-refractivity contribution in [3.05, 3.63) is 11.9 Å². The van der Waals surface area contributed by atoms with E-state index in [9.17, 15) is 0 Å². The van der Waals surface area contributed by atoms with Gasteiger partial charge in [0.2, 0.25) is 0 Å². The molecule has 0 aromatic carbocycles. The van der Waals surface area contributed by atoms with E-state index in [1.807, 2.05) is 6.92 Å². The maximum Gasteiger partial charge on any atom is 0.134 e. The highest BCUT2D eigenvalue weighted by Gasteiger charge is 2.20. The molecule has 1 unspecified atom stereocenters. The summed E-state index contributed by atoms with van der Waals surface area (Å²) in [5.41, 5.74) is 0. The van der Waals surface area contributed by atoms with Crippen LogP contribution in [0.2, 0.25) is 0 Å². The third-order valence-electron chi connectivity index (χ3n) is 4.13. The normalized spacial score (nSPS) is 24.0. The highest BCUT2D eigenvalue weighted by Crippen LogP contribution is 2.24. The SMILES string of the molecule is Cc1nc(N2CCOCC2)cc(N2CCCC(C)C2)n1. The number of nitrogens with zero attached hydrogens (tertiary/aromatic N) is 4. The van der Waals surface area contributed by atoms with Gasteiger partial charge in [0.15, 0.2) is 0 Å². The monoisotopic (exact) mass is 276 g/mol. The number of rotatable bonds is 2. The lowest BCUT2D eigenvalue weighted by Crippen LogP contribution is -2.38. The molecule has 0 bridgehead atoms. The van der Waals surface area contributed by atoms with Crippen LogP contribution in [0.15, 0.2) is 6.07 Å². The molecule has 3 rings (SSSR count). The predicted octanol–water partition coefficient (Wildman–Crippen LogP) is 1.86. The van der Waals surface area contributed by atoms with Gasteiger partial charge in [0.05, 0.1) is 13.2 Å². The molecule has 2 aliphatic rings. The largest absolute Gasteiger partial charge is 0.378 e. The molecule has 0 N–H and O–H groups in total. The molecule has 5 heteroatoms. The van der Waals surface area contributed by atoms with Gasteiger partial charge in [-0.05, 0) is 25.7 Å². The average Bonchev–Trinajstić information content (AvgIpc) is 2.47. The first-order valence-corrected chi connectivity index (χ1v) is 7.66. The number of morpholine rings is 1. The van der Waals surface area contributed by atoms with E-state index in [2.05, 4.69) is 32.8 Å². The molecule has 20 heavy (non-hydrogen) atoms. The molecule has 1 aromatic heterocycles. The zero-order chi connectivity index (χ0) is 13.9. The highest BCUT2D eigenvalue weighted by atomic mass is 16.5. The number of piperidine rings is 1. The Kier molecular flexibility index (Phi) is 4.05. The van der Waals surface area contributed by atoms with E-state index in [1.54, 1.807) is 0 Å². The van der Waals surface area contributed by atoms with Crippen LogP contribution in [-0.2, 0) is 4.74 Å². The van der Waals surface area contributed by atoms with Crippen molar-refractivity contribution in [1.82, 2.24) is 9.97 Å². The van der Waals surface area contributed by atoms with Crippen molar-refractivity contribution in [3.8, 4) is 0 Å². The summed E-state index contributed by atoms with van der Waals surface area (Å²) in [6.07, 6.45) is 2.59. The molecule has 2 saturated heterocycles. The molecule has 1 atom stereocenters. The smallest absolute Gasteiger partial charge is 0.134 e. The summed E-state index contributed by atoms with van der Waals surface area (Å²) in [7, 11) is 0. The van der Waals surface area contributed by atoms with Gasteiger partial charge in [0.25, 0.3) is 0 Å². The number of aryl methyl sites for hydroxylation is 1. The molecule has 0 radical (unpaired) electrons. The van der Waals surface area contributed by atoms with Gasteiger partial charge in [-0.3, -0.25) is 0 Å². The third kappa shape index (κ3) is 3.03. The lowest BCUT2D eigenvalue weighted by molar-refractivity contribution is 0.122. The summed E-state index contributed by atoms with van der Waals surface area (Å²) in [6, 6.07) is 2.15. The van der Waals surface area contributed by atoms with Gasteiger partial charge in [-0.1, -0.05) is 6.92 Å². The van der Waals surface area contributed by atoms with E-state index in [0.29, 0.717) is 0 Å². The molecule has 1 aromatic rings. The van der Waals surface area contributed by atoms with Gasteiger partial charge in [-0.25, -0.2) is 9.97 Å². The van der Waals surface area contributed by atoms with E-state index >= 15 is 0 Å². The fourth-order valence-corrected chi connectivity index (χ4v) is 3.05. The van der Waals surface area contributed by atoms with E-state index < -0.39 is 0 Å². The number of hydrogen-bond donors (Lipinski definition) is 0. The number of hydrogen-bond acceptors (Lipinski definition) is 5. The van der Waals surface area contributed by atoms with Gasteiger partial charge in [-0.2, -0.15) is 0 Å². The minimum atomic E-state index is 0.755. The zero-order valence-corrected chi connectivity index (χ0v) is 12.5. The standard InChI is InChI=1S/C15H24N4O/c1-12-4-3-5-19(11-12)15-10-14(16-13(2)17-15)18-6-8-20-9-7-18/h10,12H,3-9,11H2,1-2H3. The van der Waals surface area contributed by atoms with Gasteiger partial charge in [0.1, 0.15) is 17.5 Å². The molecule has 3 heterocycles. The summed E-state index contributed by atoms with van der Waals surface area (Å²) in [6.45, 7) is 9.96.